The summed E-state index contributed by atoms with van der Waals surface area (Å²) < 4.78 is 0. The van der Waals surface area contributed by atoms with E-state index in [1.54, 1.807) is 21.9 Å². The molecule has 3 rings (SSSR count). The van der Waals surface area contributed by atoms with Gasteiger partial charge in [0.1, 0.15) is 11.4 Å². The molecule has 3 N–H and O–H groups in total. The summed E-state index contributed by atoms with van der Waals surface area (Å²) in [6, 6.07) is 13.3. The van der Waals surface area contributed by atoms with E-state index in [-0.39, 0.29) is 37.0 Å². The smallest absolute Gasteiger partial charge is 0.248 e. The van der Waals surface area contributed by atoms with Gasteiger partial charge in [-0.15, -0.1) is 0 Å². The van der Waals surface area contributed by atoms with E-state index in [1.165, 1.54) is 0 Å². The Morgan fingerprint density at radius 1 is 1.15 bits per heavy atom. The van der Waals surface area contributed by atoms with Gasteiger partial charge in [-0.05, 0) is 50.5 Å². The number of rotatable bonds is 8. The standard InChI is InChI=1S/C25H31ClN4O3/c1-17-12-18(2)14-20(13-17)15-23(31)30-11-9-25(30,3)24(32)29(10-8-22(27)28-33)16-19-4-6-21(26)7-5-19/h4-7,12-14,33H,8-11,15-16H2,1-3H3,(H2,27,28). The number of nitrogens with zero attached hydrogens (tertiary/aromatic N) is 3. The number of halogens is 1. The molecule has 0 aliphatic carbocycles. The molecule has 7 nitrogen and oxygen atoms in total. The van der Waals surface area contributed by atoms with Crippen molar-refractivity contribution in [3.05, 3.63) is 69.7 Å². The van der Waals surface area contributed by atoms with Crippen LogP contribution in [0.1, 0.15) is 42.0 Å². The number of likely N-dealkylation sites (tertiary alicyclic amines) is 1. The molecule has 1 unspecified atom stereocenters. The van der Waals surface area contributed by atoms with Crippen molar-refractivity contribution in [1.29, 1.82) is 0 Å². The number of carbonyl (C=O) groups is 2. The second-order valence-corrected chi connectivity index (χ2v) is 9.37. The maximum absolute atomic E-state index is 13.7. The summed E-state index contributed by atoms with van der Waals surface area (Å²) in [6.45, 7) is 6.98. The van der Waals surface area contributed by atoms with Gasteiger partial charge in [0.2, 0.25) is 11.8 Å². The lowest BCUT2D eigenvalue weighted by Crippen LogP contribution is -2.68. The lowest BCUT2D eigenvalue weighted by atomic mass is 9.84. The number of hydrogen-bond acceptors (Lipinski definition) is 4. The molecule has 8 heteroatoms. The molecular formula is C25H31ClN4O3. The highest BCUT2D eigenvalue weighted by atomic mass is 35.5. The predicted molar refractivity (Wildman–Crippen MR) is 129 cm³/mol. The van der Waals surface area contributed by atoms with Gasteiger partial charge < -0.3 is 20.7 Å². The minimum Gasteiger partial charge on any atom is -0.409 e. The predicted octanol–water partition coefficient (Wildman–Crippen LogP) is 3.66. The molecule has 1 saturated heterocycles. The van der Waals surface area contributed by atoms with Gasteiger partial charge in [0.25, 0.3) is 0 Å². The zero-order chi connectivity index (χ0) is 24.2. The van der Waals surface area contributed by atoms with E-state index in [9.17, 15) is 9.59 Å². The fraction of sp³-hybridized carbons (Fsp3) is 0.400. The first-order valence-corrected chi connectivity index (χ1v) is 11.4. The number of aryl methyl sites for hydroxylation is 2. The molecule has 1 heterocycles. The number of hydrogen-bond donors (Lipinski definition) is 2. The average Bonchev–Trinajstić information content (AvgIpc) is 2.75. The van der Waals surface area contributed by atoms with Crippen molar-refractivity contribution in [1.82, 2.24) is 9.80 Å². The summed E-state index contributed by atoms with van der Waals surface area (Å²) >= 11 is 5.99. The second-order valence-electron chi connectivity index (χ2n) is 8.94. The van der Waals surface area contributed by atoms with Crippen LogP contribution < -0.4 is 5.73 Å². The Bertz CT molecular complexity index is 1030. The van der Waals surface area contributed by atoms with Gasteiger partial charge >= 0.3 is 0 Å². The summed E-state index contributed by atoms with van der Waals surface area (Å²) in [5.74, 6) is -0.168. The Labute approximate surface area is 199 Å². The third kappa shape index (κ3) is 5.85. The molecular weight excluding hydrogens is 440 g/mol. The van der Waals surface area contributed by atoms with Crippen molar-refractivity contribution in [3.8, 4) is 0 Å². The van der Waals surface area contributed by atoms with Crippen LogP contribution in [0.3, 0.4) is 0 Å². The van der Waals surface area contributed by atoms with E-state index in [2.05, 4.69) is 11.2 Å². The Kier molecular flexibility index (Phi) is 7.64. The minimum atomic E-state index is -0.923. The third-order valence-electron chi connectivity index (χ3n) is 6.16. The Morgan fingerprint density at radius 3 is 2.33 bits per heavy atom. The monoisotopic (exact) mass is 470 g/mol. The van der Waals surface area contributed by atoms with E-state index < -0.39 is 5.54 Å². The van der Waals surface area contributed by atoms with Gasteiger partial charge in [0.05, 0.1) is 6.42 Å². The van der Waals surface area contributed by atoms with Crippen LogP contribution in [-0.2, 0) is 22.6 Å². The number of amides is 2. The van der Waals surface area contributed by atoms with Crippen LogP contribution in [0.4, 0.5) is 0 Å². The second kappa shape index (κ2) is 10.3. The maximum Gasteiger partial charge on any atom is 0.248 e. The van der Waals surface area contributed by atoms with Gasteiger partial charge in [0, 0.05) is 31.1 Å². The number of oxime groups is 1. The van der Waals surface area contributed by atoms with Crippen LogP contribution >= 0.6 is 11.6 Å². The van der Waals surface area contributed by atoms with Crippen molar-refractivity contribution < 1.29 is 14.8 Å². The minimum absolute atomic E-state index is 0.0467. The van der Waals surface area contributed by atoms with Crippen LogP contribution in [-0.4, -0.2) is 51.3 Å². The van der Waals surface area contributed by atoms with Gasteiger partial charge in [-0.3, -0.25) is 9.59 Å². The molecule has 1 atom stereocenters. The average molecular weight is 471 g/mol. The van der Waals surface area contributed by atoms with Crippen molar-refractivity contribution in [2.24, 2.45) is 10.9 Å². The fourth-order valence-electron chi connectivity index (χ4n) is 4.33. The molecule has 2 amide bonds. The fourth-order valence-corrected chi connectivity index (χ4v) is 4.45. The first kappa shape index (κ1) is 24.6. The van der Waals surface area contributed by atoms with E-state index in [1.807, 2.05) is 45.0 Å². The van der Waals surface area contributed by atoms with Crippen LogP contribution in [0.25, 0.3) is 0 Å². The van der Waals surface area contributed by atoms with Crippen LogP contribution in [0.5, 0.6) is 0 Å². The van der Waals surface area contributed by atoms with Gasteiger partial charge in [0.15, 0.2) is 0 Å². The molecule has 176 valence electrons. The molecule has 1 fully saturated rings. The molecule has 0 radical (unpaired) electrons. The van der Waals surface area contributed by atoms with Crippen LogP contribution in [0, 0.1) is 13.8 Å². The Morgan fingerprint density at radius 2 is 1.79 bits per heavy atom. The normalized spacial score (nSPS) is 18.1. The maximum atomic E-state index is 13.7. The molecule has 33 heavy (non-hydrogen) atoms. The van der Waals surface area contributed by atoms with Crippen molar-refractivity contribution in [3.63, 3.8) is 0 Å². The highest BCUT2D eigenvalue weighted by Crippen LogP contribution is 2.34. The molecule has 0 spiro atoms. The molecule has 1 aliphatic heterocycles. The van der Waals surface area contributed by atoms with Gasteiger partial charge in [-0.2, -0.15) is 0 Å². The number of nitrogens with two attached hydrogens (primary N) is 1. The van der Waals surface area contributed by atoms with Gasteiger partial charge in [-0.25, -0.2) is 0 Å². The summed E-state index contributed by atoms with van der Waals surface area (Å²) in [6.07, 6.45) is 1.07. The van der Waals surface area contributed by atoms with E-state index in [0.717, 1.165) is 22.3 Å². The molecule has 1 aliphatic rings. The van der Waals surface area contributed by atoms with Gasteiger partial charge in [-0.1, -0.05) is 58.2 Å². The molecule has 0 saturated carbocycles. The van der Waals surface area contributed by atoms with Crippen LogP contribution in [0.15, 0.2) is 47.6 Å². The van der Waals surface area contributed by atoms with Crippen molar-refractivity contribution >= 4 is 29.3 Å². The highest BCUT2D eigenvalue weighted by Gasteiger charge is 2.50. The zero-order valence-corrected chi connectivity index (χ0v) is 20.1. The first-order valence-electron chi connectivity index (χ1n) is 11.0. The largest absolute Gasteiger partial charge is 0.409 e. The molecule has 2 aromatic carbocycles. The summed E-state index contributed by atoms with van der Waals surface area (Å²) in [7, 11) is 0. The topological polar surface area (TPSA) is 99.2 Å². The van der Waals surface area contributed by atoms with E-state index in [0.29, 0.717) is 24.5 Å². The lowest BCUT2D eigenvalue weighted by molar-refractivity contribution is -0.164. The zero-order valence-electron chi connectivity index (χ0n) is 19.3. The summed E-state index contributed by atoms with van der Waals surface area (Å²) in [5.41, 5.74) is 8.80. The molecule has 0 aromatic heterocycles. The summed E-state index contributed by atoms with van der Waals surface area (Å²) in [5, 5.41) is 12.5. The first-order chi connectivity index (χ1) is 15.6. The Balaban J connectivity index is 1.77. The van der Waals surface area contributed by atoms with Crippen molar-refractivity contribution in [2.75, 3.05) is 13.1 Å². The SMILES string of the molecule is Cc1cc(C)cc(CC(=O)N2CCC2(C)C(=O)N(CCC(N)=NO)Cc2ccc(Cl)cc2)c1. The number of carbonyl (C=O) groups excluding carboxylic acids is 2. The van der Waals surface area contributed by atoms with E-state index >= 15 is 0 Å². The number of benzene rings is 2. The van der Waals surface area contributed by atoms with E-state index in [4.69, 9.17) is 22.5 Å². The third-order valence-corrected chi connectivity index (χ3v) is 6.41. The number of amidine groups is 1. The van der Waals surface area contributed by atoms with Crippen LogP contribution in [0.2, 0.25) is 5.02 Å². The highest BCUT2D eigenvalue weighted by molar-refractivity contribution is 6.30. The quantitative estimate of drug-likeness (QED) is 0.266. The molecule has 2 aromatic rings. The summed E-state index contributed by atoms with van der Waals surface area (Å²) in [4.78, 5) is 30.1. The molecule has 0 bridgehead atoms. The Hall–Kier alpha value is -3.06. The lowest BCUT2D eigenvalue weighted by Gasteiger charge is -2.51. The van der Waals surface area contributed by atoms with Crippen molar-refractivity contribution in [2.45, 2.75) is 52.1 Å².